The summed E-state index contributed by atoms with van der Waals surface area (Å²) < 4.78 is 68.4. The van der Waals surface area contributed by atoms with E-state index in [2.05, 4.69) is 41.5 Å². The van der Waals surface area contributed by atoms with Crippen LogP contribution in [0.3, 0.4) is 0 Å². The second-order valence-electron chi connectivity index (χ2n) is 27.3. The highest BCUT2D eigenvalue weighted by Crippen LogP contribution is 2.45. The molecule has 0 aliphatic rings. The van der Waals surface area contributed by atoms with Crippen LogP contribution in [0.5, 0.6) is 0 Å². The molecule has 2 unspecified atom stereocenters. The molecule has 0 bridgehead atoms. The zero-order valence-electron chi connectivity index (χ0n) is 59.9. The maximum absolute atomic E-state index is 13.0. The highest BCUT2D eigenvalue weighted by Gasteiger charge is 2.30. The summed E-state index contributed by atoms with van der Waals surface area (Å²) in [4.78, 5) is 72.7. The fraction of sp³-hybridized carbons (Fsp3) is 0.945. The van der Waals surface area contributed by atoms with Gasteiger partial charge in [-0.3, -0.25) is 37.3 Å². The molecule has 0 saturated heterocycles. The number of hydrogen-bond donors (Lipinski definition) is 3. The molecule has 0 fully saturated rings. The second kappa shape index (κ2) is 65.0. The monoisotopic (exact) mass is 1350 g/mol. The van der Waals surface area contributed by atoms with Gasteiger partial charge in [-0.15, -0.1) is 0 Å². The van der Waals surface area contributed by atoms with Crippen LogP contribution in [0.25, 0.3) is 0 Å². The minimum Gasteiger partial charge on any atom is -0.462 e. The lowest BCUT2D eigenvalue weighted by Crippen LogP contribution is -2.30. The summed E-state index contributed by atoms with van der Waals surface area (Å²) in [6, 6.07) is 0. The van der Waals surface area contributed by atoms with E-state index >= 15 is 0 Å². The Morgan fingerprint density at radius 2 is 0.500 bits per heavy atom. The fourth-order valence-corrected chi connectivity index (χ4v) is 12.7. The van der Waals surface area contributed by atoms with Crippen LogP contribution in [-0.2, 0) is 65.4 Å². The van der Waals surface area contributed by atoms with Gasteiger partial charge in [0.1, 0.15) is 19.3 Å². The number of phosphoric acid groups is 2. The van der Waals surface area contributed by atoms with Gasteiger partial charge in [-0.2, -0.15) is 0 Å². The van der Waals surface area contributed by atoms with Crippen molar-refractivity contribution >= 4 is 39.5 Å². The number of rotatable bonds is 72. The Labute approximate surface area is 562 Å². The molecule has 0 aromatic heterocycles. The topological polar surface area (TPSA) is 237 Å². The van der Waals surface area contributed by atoms with Crippen LogP contribution in [0.15, 0.2) is 0 Å². The van der Waals surface area contributed by atoms with Gasteiger partial charge in [-0.25, -0.2) is 9.13 Å². The van der Waals surface area contributed by atoms with Crippen molar-refractivity contribution in [3.05, 3.63) is 0 Å². The Bertz CT molecular complexity index is 1790. The van der Waals surface area contributed by atoms with E-state index in [1.54, 1.807) is 0 Å². The van der Waals surface area contributed by atoms with Gasteiger partial charge in [0.15, 0.2) is 12.2 Å². The first-order chi connectivity index (χ1) is 44.4. The SMILES string of the molecule is CCCCCCCCCCCCCCCCC(=O)OC[C@H](COP(=O)(O)OC[C@@H](O)COP(=O)(O)OC[C@@H](COC(=O)CCCCCCCCCC(C)C)OC(=O)CCCCCCCCCCCCCCCC)OC(=O)CCCCCCCCCCCCCC(C)C. The van der Waals surface area contributed by atoms with Crippen LogP contribution in [0.4, 0.5) is 0 Å². The highest BCUT2D eigenvalue weighted by atomic mass is 31.2. The molecular weight excluding hydrogens is 1210 g/mol. The Morgan fingerprint density at radius 1 is 0.293 bits per heavy atom. The van der Waals surface area contributed by atoms with Crippen LogP contribution in [0.2, 0.25) is 0 Å². The van der Waals surface area contributed by atoms with Gasteiger partial charge in [-0.1, -0.05) is 324 Å². The summed E-state index contributed by atoms with van der Waals surface area (Å²) in [5.41, 5.74) is 0. The fourth-order valence-electron chi connectivity index (χ4n) is 11.1. The molecule has 0 amide bonds. The van der Waals surface area contributed by atoms with E-state index in [0.717, 1.165) is 102 Å². The first kappa shape index (κ1) is 90.1. The lowest BCUT2D eigenvalue weighted by molar-refractivity contribution is -0.161. The number of hydrogen-bond acceptors (Lipinski definition) is 15. The molecular formula is C73H142O17P2. The molecule has 0 aliphatic heterocycles. The molecule has 0 radical (unpaired) electrons. The van der Waals surface area contributed by atoms with Crippen molar-refractivity contribution in [1.82, 2.24) is 0 Å². The van der Waals surface area contributed by atoms with Crippen LogP contribution < -0.4 is 0 Å². The summed E-state index contributed by atoms with van der Waals surface area (Å²) in [7, 11) is -9.91. The van der Waals surface area contributed by atoms with Gasteiger partial charge >= 0.3 is 39.5 Å². The third kappa shape index (κ3) is 66.7. The lowest BCUT2D eigenvalue weighted by atomic mass is 10.0. The van der Waals surface area contributed by atoms with E-state index in [9.17, 15) is 43.2 Å². The predicted molar refractivity (Wildman–Crippen MR) is 372 cm³/mol. The predicted octanol–water partition coefficient (Wildman–Crippen LogP) is 21.2. The normalized spacial score (nSPS) is 14.1. The van der Waals surface area contributed by atoms with Crippen LogP contribution in [0, 0.1) is 11.8 Å². The minimum atomic E-state index is -4.95. The molecule has 0 aliphatic carbocycles. The highest BCUT2D eigenvalue weighted by molar-refractivity contribution is 7.47. The van der Waals surface area contributed by atoms with Gasteiger partial charge in [-0.05, 0) is 37.5 Å². The Kier molecular flexibility index (Phi) is 63.7. The molecule has 0 saturated carbocycles. The van der Waals surface area contributed by atoms with Crippen molar-refractivity contribution < 1.29 is 80.2 Å². The van der Waals surface area contributed by atoms with E-state index in [4.69, 9.17) is 37.0 Å². The Balaban J connectivity index is 5.25. The van der Waals surface area contributed by atoms with E-state index in [1.807, 2.05) is 0 Å². The zero-order chi connectivity index (χ0) is 67.9. The first-order valence-electron chi connectivity index (χ1n) is 38.0. The summed E-state index contributed by atoms with van der Waals surface area (Å²) in [6.45, 7) is 9.53. The summed E-state index contributed by atoms with van der Waals surface area (Å²) in [6.07, 6.45) is 51.3. The quantitative estimate of drug-likeness (QED) is 0.0222. The van der Waals surface area contributed by atoms with Crippen LogP contribution in [-0.4, -0.2) is 96.7 Å². The Morgan fingerprint density at radius 3 is 0.739 bits per heavy atom. The summed E-state index contributed by atoms with van der Waals surface area (Å²) in [5, 5.41) is 10.6. The largest absolute Gasteiger partial charge is 0.472 e. The number of carbonyl (C=O) groups excluding carboxylic acids is 4. The molecule has 17 nitrogen and oxygen atoms in total. The van der Waals surface area contributed by atoms with E-state index in [-0.39, 0.29) is 25.7 Å². The second-order valence-corrected chi connectivity index (χ2v) is 30.2. The minimum absolute atomic E-state index is 0.107. The summed E-state index contributed by atoms with van der Waals surface area (Å²) in [5.74, 6) is -0.648. The van der Waals surface area contributed by atoms with Gasteiger partial charge in [0.05, 0.1) is 26.4 Å². The maximum Gasteiger partial charge on any atom is 0.472 e. The lowest BCUT2D eigenvalue weighted by Gasteiger charge is -2.21. The molecule has 19 heteroatoms. The van der Waals surface area contributed by atoms with Crippen molar-refractivity contribution in [3.8, 4) is 0 Å². The average Bonchev–Trinajstić information content (AvgIpc) is 2.50. The molecule has 0 heterocycles. The van der Waals surface area contributed by atoms with E-state index in [1.165, 1.54) is 186 Å². The van der Waals surface area contributed by atoms with Crippen molar-refractivity contribution in [2.24, 2.45) is 11.8 Å². The molecule has 0 aromatic rings. The number of esters is 4. The Hall–Kier alpha value is -1.94. The molecule has 5 atom stereocenters. The number of aliphatic hydroxyl groups is 1. The van der Waals surface area contributed by atoms with E-state index < -0.39 is 97.5 Å². The van der Waals surface area contributed by atoms with Crippen molar-refractivity contribution in [2.75, 3.05) is 39.6 Å². The van der Waals surface area contributed by atoms with Gasteiger partial charge in [0, 0.05) is 25.7 Å². The van der Waals surface area contributed by atoms with Gasteiger partial charge in [0.25, 0.3) is 0 Å². The molecule has 3 N–H and O–H groups in total. The van der Waals surface area contributed by atoms with Crippen molar-refractivity contribution in [3.63, 3.8) is 0 Å². The molecule has 92 heavy (non-hydrogen) atoms. The molecule has 0 aromatic carbocycles. The third-order valence-electron chi connectivity index (χ3n) is 17.0. The van der Waals surface area contributed by atoms with Crippen molar-refractivity contribution in [1.29, 1.82) is 0 Å². The zero-order valence-corrected chi connectivity index (χ0v) is 61.6. The number of aliphatic hydroxyl groups excluding tert-OH is 1. The third-order valence-corrected chi connectivity index (χ3v) is 18.9. The standard InChI is InChI=1S/C73H142O17P2/c1-7-9-11-13-15-17-19-21-23-27-31-37-43-49-55-70(75)83-61-68(89-73(78)58-52-46-39-33-29-25-26-30-35-41-47-53-65(3)4)63-87-91(79,80)85-59-67(74)60-86-92(81,82)88-64-69(62-84-71(76)56-50-44-40-34-36-42-48-54-66(5)6)90-72(77)57-51-45-38-32-28-24-22-20-18-16-14-12-10-8-2/h65-69,74H,7-64H2,1-6H3,(H,79,80)(H,81,82)/t67-,68-,69-/m1/s1. The number of carbonyl (C=O) groups is 4. The number of ether oxygens (including phenoxy) is 4. The first-order valence-corrected chi connectivity index (χ1v) is 41.0. The maximum atomic E-state index is 13.0. The van der Waals surface area contributed by atoms with Gasteiger partial charge < -0.3 is 33.8 Å². The van der Waals surface area contributed by atoms with Crippen LogP contribution in [0.1, 0.15) is 375 Å². The summed E-state index contributed by atoms with van der Waals surface area (Å²) >= 11 is 0. The average molecular weight is 1350 g/mol. The van der Waals surface area contributed by atoms with Crippen molar-refractivity contribution in [2.45, 2.75) is 394 Å². The van der Waals surface area contributed by atoms with E-state index in [0.29, 0.717) is 31.6 Å². The molecule has 0 spiro atoms. The van der Waals surface area contributed by atoms with Crippen LogP contribution >= 0.6 is 15.6 Å². The smallest absolute Gasteiger partial charge is 0.462 e. The number of unbranched alkanes of at least 4 members (excludes halogenated alkanes) is 42. The van der Waals surface area contributed by atoms with Gasteiger partial charge in [0.2, 0.25) is 0 Å². The number of phosphoric ester groups is 2. The molecule has 0 rings (SSSR count). The molecule has 546 valence electrons.